The van der Waals surface area contributed by atoms with Gasteiger partial charge < -0.3 is 0 Å². The van der Waals surface area contributed by atoms with Crippen LogP contribution >= 0.6 is 0 Å². The lowest BCUT2D eigenvalue weighted by Crippen LogP contribution is -2.14. The van der Waals surface area contributed by atoms with Gasteiger partial charge in [-0.2, -0.15) is 5.10 Å². The van der Waals surface area contributed by atoms with Crippen LogP contribution in [0.1, 0.15) is 0 Å². The molecular weight excluding hydrogens is 326 g/mol. The first-order chi connectivity index (χ1) is 11.0. The zero-order chi connectivity index (χ0) is 16.4. The van der Waals surface area contributed by atoms with Crippen molar-refractivity contribution in [1.29, 1.82) is 0 Å². The molecule has 1 aromatic heterocycles. The summed E-state index contributed by atoms with van der Waals surface area (Å²) in [6.07, 6.45) is 2.81. The van der Waals surface area contributed by atoms with Crippen molar-refractivity contribution in [2.24, 2.45) is 0 Å². The van der Waals surface area contributed by atoms with Crippen molar-refractivity contribution < 1.29 is 17.2 Å². The number of nitrogens with zero attached hydrogens (tertiary/aromatic N) is 3. The number of hydrogen-bond donors (Lipinski definition) is 1. The average molecular weight is 336 g/mol. The van der Waals surface area contributed by atoms with E-state index < -0.39 is 27.3 Å². The van der Waals surface area contributed by atoms with Gasteiger partial charge in [-0.15, -0.1) is 0 Å². The largest absolute Gasteiger partial charge is 0.277 e. The zero-order valence-electron chi connectivity index (χ0n) is 11.5. The lowest BCUT2D eigenvalue weighted by Gasteiger charge is -2.09. The van der Waals surface area contributed by atoms with Crippen LogP contribution in [0.15, 0.2) is 60.0 Å². The van der Waals surface area contributed by atoms with Crippen LogP contribution in [0.2, 0.25) is 0 Å². The molecule has 0 saturated carbocycles. The summed E-state index contributed by atoms with van der Waals surface area (Å²) in [7, 11) is -4.04. The van der Waals surface area contributed by atoms with Crippen LogP contribution in [0.25, 0.3) is 5.69 Å². The van der Waals surface area contributed by atoms with E-state index in [1.165, 1.54) is 41.6 Å². The van der Waals surface area contributed by atoms with Crippen LogP contribution < -0.4 is 4.72 Å². The molecule has 23 heavy (non-hydrogen) atoms. The maximum Gasteiger partial charge on any atom is 0.261 e. The van der Waals surface area contributed by atoms with Crippen LogP contribution in [-0.4, -0.2) is 23.2 Å². The lowest BCUT2D eigenvalue weighted by molar-refractivity contribution is 0.594. The molecule has 6 nitrogen and oxygen atoms in total. The molecule has 9 heteroatoms. The predicted octanol–water partition coefficient (Wildman–Crippen LogP) is 2.35. The summed E-state index contributed by atoms with van der Waals surface area (Å²) in [5, 5.41) is 3.92. The van der Waals surface area contributed by atoms with Gasteiger partial charge in [0.15, 0.2) is 0 Å². The fraction of sp³-hybridized carbons (Fsp3) is 0. The van der Waals surface area contributed by atoms with Crippen molar-refractivity contribution in [2.45, 2.75) is 4.90 Å². The minimum Gasteiger partial charge on any atom is -0.277 e. The van der Waals surface area contributed by atoms with Crippen molar-refractivity contribution in [1.82, 2.24) is 14.8 Å². The third-order valence-electron chi connectivity index (χ3n) is 3.00. The van der Waals surface area contributed by atoms with E-state index in [4.69, 9.17) is 0 Å². The van der Waals surface area contributed by atoms with Crippen molar-refractivity contribution in [3.8, 4) is 5.69 Å². The first kappa shape index (κ1) is 15.1. The number of rotatable bonds is 4. The van der Waals surface area contributed by atoms with Crippen LogP contribution in [0.5, 0.6) is 0 Å². The summed E-state index contributed by atoms with van der Waals surface area (Å²) < 4.78 is 54.6. The van der Waals surface area contributed by atoms with Gasteiger partial charge in [0, 0.05) is 6.07 Å². The van der Waals surface area contributed by atoms with Crippen LogP contribution in [0.3, 0.4) is 0 Å². The Labute approximate surface area is 130 Å². The minimum absolute atomic E-state index is 0.0926. The average Bonchev–Trinajstić information content (AvgIpc) is 3.05. The number of halogens is 2. The van der Waals surface area contributed by atoms with E-state index in [2.05, 4.69) is 10.1 Å². The Balaban J connectivity index is 1.89. The predicted molar refractivity (Wildman–Crippen MR) is 78.5 cm³/mol. The Hall–Kier alpha value is -2.81. The van der Waals surface area contributed by atoms with E-state index in [0.29, 0.717) is 5.69 Å². The van der Waals surface area contributed by atoms with E-state index >= 15 is 0 Å². The standard InChI is InChI=1S/C14H10F2N4O2S/c15-10-1-6-13(16)14(7-10)19-23(21,22)12-4-2-11(3-5-12)20-9-17-8-18-20/h1-9,19H. The van der Waals surface area contributed by atoms with Gasteiger partial charge in [-0.3, -0.25) is 4.72 Å². The summed E-state index contributed by atoms with van der Waals surface area (Å²) in [5.41, 5.74) is 0.156. The number of sulfonamides is 1. The highest BCUT2D eigenvalue weighted by atomic mass is 32.2. The molecule has 3 aromatic rings. The Kier molecular flexibility index (Phi) is 3.78. The Bertz CT molecular complexity index is 926. The topological polar surface area (TPSA) is 76.9 Å². The monoisotopic (exact) mass is 336 g/mol. The number of aromatic nitrogens is 3. The van der Waals surface area contributed by atoms with E-state index in [1.54, 1.807) is 0 Å². The van der Waals surface area contributed by atoms with Gasteiger partial charge in [-0.1, -0.05) is 0 Å². The molecule has 0 fully saturated rings. The second-order valence-corrected chi connectivity index (χ2v) is 6.25. The Morgan fingerprint density at radius 3 is 2.43 bits per heavy atom. The highest BCUT2D eigenvalue weighted by molar-refractivity contribution is 7.92. The normalized spacial score (nSPS) is 11.4. The molecule has 0 saturated heterocycles. The van der Waals surface area contributed by atoms with Crippen molar-refractivity contribution >= 4 is 15.7 Å². The highest BCUT2D eigenvalue weighted by Gasteiger charge is 2.17. The van der Waals surface area contributed by atoms with E-state index in [9.17, 15) is 17.2 Å². The molecular formula is C14H10F2N4O2S. The van der Waals surface area contributed by atoms with Gasteiger partial charge in [0.25, 0.3) is 10.0 Å². The van der Waals surface area contributed by atoms with Gasteiger partial charge >= 0.3 is 0 Å². The lowest BCUT2D eigenvalue weighted by atomic mass is 10.3. The van der Waals surface area contributed by atoms with Crippen molar-refractivity contribution in [3.05, 3.63) is 66.8 Å². The second-order valence-electron chi connectivity index (χ2n) is 4.56. The van der Waals surface area contributed by atoms with E-state index in [1.807, 2.05) is 4.72 Å². The minimum atomic E-state index is -4.04. The van der Waals surface area contributed by atoms with Crippen LogP contribution in [0, 0.1) is 11.6 Å². The van der Waals surface area contributed by atoms with Gasteiger partial charge in [0.05, 0.1) is 16.3 Å². The van der Waals surface area contributed by atoms with Crippen LogP contribution in [-0.2, 0) is 10.0 Å². The van der Waals surface area contributed by atoms with Crippen molar-refractivity contribution in [3.63, 3.8) is 0 Å². The quantitative estimate of drug-likeness (QED) is 0.793. The molecule has 0 bridgehead atoms. The third kappa shape index (κ3) is 3.19. The van der Waals surface area contributed by atoms with Gasteiger partial charge in [0.2, 0.25) is 0 Å². The van der Waals surface area contributed by atoms with Gasteiger partial charge in [-0.05, 0) is 36.4 Å². The third-order valence-corrected chi connectivity index (χ3v) is 4.38. The Morgan fingerprint density at radius 1 is 1.04 bits per heavy atom. The summed E-state index contributed by atoms with van der Waals surface area (Å²) in [5.74, 6) is -1.61. The second kappa shape index (κ2) is 5.76. The first-order valence-electron chi connectivity index (χ1n) is 6.39. The van der Waals surface area contributed by atoms with Crippen LogP contribution in [0.4, 0.5) is 14.5 Å². The molecule has 1 N–H and O–H groups in total. The molecule has 0 radical (unpaired) electrons. The smallest absolute Gasteiger partial charge is 0.261 e. The Morgan fingerprint density at radius 2 is 1.78 bits per heavy atom. The molecule has 2 aromatic carbocycles. The zero-order valence-corrected chi connectivity index (χ0v) is 12.3. The maximum atomic E-state index is 13.6. The molecule has 0 atom stereocenters. The molecule has 0 unspecified atom stereocenters. The SMILES string of the molecule is O=S(=O)(Nc1cc(F)ccc1F)c1ccc(-n2cncn2)cc1. The molecule has 118 valence electrons. The fourth-order valence-electron chi connectivity index (χ4n) is 1.90. The highest BCUT2D eigenvalue weighted by Crippen LogP contribution is 2.21. The molecule has 3 rings (SSSR count). The summed E-state index contributed by atoms with van der Waals surface area (Å²) >= 11 is 0. The molecule has 1 heterocycles. The number of hydrogen-bond acceptors (Lipinski definition) is 4. The van der Waals surface area contributed by atoms with Gasteiger partial charge in [-0.25, -0.2) is 26.9 Å². The van der Waals surface area contributed by atoms with E-state index in [-0.39, 0.29) is 4.90 Å². The fourth-order valence-corrected chi connectivity index (χ4v) is 2.96. The van der Waals surface area contributed by atoms with Gasteiger partial charge in [0.1, 0.15) is 24.3 Å². The number of nitrogens with one attached hydrogen (secondary N) is 1. The first-order valence-corrected chi connectivity index (χ1v) is 7.87. The molecule has 0 aliphatic heterocycles. The molecule has 0 aliphatic rings. The van der Waals surface area contributed by atoms with E-state index in [0.717, 1.165) is 18.2 Å². The summed E-state index contributed by atoms with van der Waals surface area (Å²) in [6.45, 7) is 0. The maximum absolute atomic E-state index is 13.6. The molecule has 0 aliphatic carbocycles. The number of benzene rings is 2. The molecule has 0 amide bonds. The number of anilines is 1. The summed E-state index contributed by atoms with van der Waals surface area (Å²) in [6, 6.07) is 8.22. The van der Waals surface area contributed by atoms with Crippen molar-refractivity contribution in [2.75, 3.05) is 4.72 Å². The molecule has 0 spiro atoms. The summed E-state index contributed by atoms with van der Waals surface area (Å²) in [4.78, 5) is 3.70.